The van der Waals surface area contributed by atoms with Crippen molar-refractivity contribution in [3.8, 4) is 22.6 Å². The summed E-state index contributed by atoms with van der Waals surface area (Å²) in [6, 6.07) is 5.62. The maximum Gasteiger partial charge on any atom is 0.276 e. The standard InChI is InChI=1S/C19H23N3O4/c1-6-13-11(2)20-18-17(14(10-24-3)21-22(18)19(13)23)12-7-8-15(25-4)16(9-12)26-5/h7-9,21H,6,10H2,1-5H3. The van der Waals surface area contributed by atoms with E-state index < -0.39 is 0 Å². The molecule has 0 saturated carbocycles. The van der Waals surface area contributed by atoms with Crippen LogP contribution in [0.25, 0.3) is 16.8 Å². The van der Waals surface area contributed by atoms with Crippen molar-refractivity contribution < 1.29 is 14.2 Å². The Labute approximate surface area is 151 Å². The molecule has 3 aromatic rings. The molecule has 26 heavy (non-hydrogen) atoms. The summed E-state index contributed by atoms with van der Waals surface area (Å²) in [4.78, 5) is 17.5. The van der Waals surface area contributed by atoms with Crippen molar-refractivity contribution in [2.75, 3.05) is 21.3 Å². The maximum absolute atomic E-state index is 12.8. The molecule has 7 heteroatoms. The highest BCUT2D eigenvalue weighted by Gasteiger charge is 2.20. The molecule has 0 atom stereocenters. The van der Waals surface area contributed by atoms with Crippen molar-refractivity contribution in [2.45, 2.75) is 26.9 Å². The van der Waals surface area contributed by atoms with Crippen LogP contribution in [-0.4, -0.2) is 35.9 Å². The van der Waals surface area contributed by atoms with Gasteiger partial charge >= 0.3 is 0 Å². The lowest BCUT2D eigenvalue weighted by Crippen LogP contribution is -2.21. The molecule has 2 aromatic heterocycles. The average Bonchev–Trinajstić information content (AvgIpc) is 3.00. The van der Waals surface area contributed by atoms with Gasteiger partial charge in [0.2, 0.25) is 0 Å². The van der Waals surface area contributed by atoms with Gasteiger partial charge in [-0.3, -0.25) is 9.89 Å². The Morgan fingerprint density at radius 2 is 1.88 bits per heavy atom. The predicted molar refractivity (Wildman–Crippen MR) is 99.2 cm³/mol. The number of hydrogen-bond acceptors (Lipinski definition) is 5. The van der Waals surface area contributed by atoms with Gasteiger partial charge in [-0.25, -0.2) is 9.50 Å². The molecule has 138 valence electrons. The number of aromatic amines is 1. The van der Waals surface area contributed by atoms with Gasteiger partial charge in [0, 0.05) is 23.9 Å². The van der Waals surface area contributed by atoms with Crippen molar-refractivity contribution in [2.24, 2.45) is 0 Å². The van der Waals surface area contributed by atoms with Crippen molar-refractivity contribution >= 4 is 5.65 Å². The molecular weight excluding hydrogens is 334 g/mol. The summed E-state index contributed by atoms with van der Waals surface area (Å²) in [5, 5.41) is 3.14. The van der Waals surface area contributed by atoms with Crippen LogP contribution in [0.2, 0.25) is 0 Å². The highest BCUT2D eigenvalue weighted by molar-refractivity contribution is 5.81. The molecule has 0 fully saturated rings. The average molecular weight is 357 g/mol. The van der Waals surface area contributed by atoms with Crippen LogP contribution in [0.3, 0.4) is 0 Å². The second kappa shape index (κ2) is 7.21. The van der Waals surface area contributed by atoms with Gasteiger partial charge in [0.1, 0.15) is 0 Å². The molecule has 1 aromatic carbocycles. The Morgan fingerprint density at radius 3 is 2.50 bits per heavy atom. The minimum absolute atomic E-state index is 0.0842. The number of H-pyrrole nitrogens is 1. The normalized spacial score (nSPS) is 11.1. The third kappa shape index (κ3) is 2.84. The zero-order valence-electron chi connectivity index (χ0n) is 15.7. The van der Waals surface area contributed by atoms with Crippen molar-refractivity contribution in [3.63, 3.8) is 0 Å². The van der Waals surface area contributed by atoms with E-state index >= 15 is 0 Å². The fourth-order valence-electron chi connectivity index (χ4n) is 3.21. The molecule has 1 N–H and O–H groups in total. The van der Waals surface area contributed by atoms with E-state index in [9.17, 15) is 4.79 Å². The molecule has 0 unspecified atom stereocenters. The van der Waals surface area contributed by atoms with Crippen LogP contribution < -0.4 is 15.0 Å². The second-order valence-corrected chi connectivity index (χ2v) is 5.96. The molecule has 0 aliphatic carbocycles. The van der Waals surface area contributed by atoms with Gasteiger partial charge in [-0.1, -0.05) is 13.0 Å². The van der Waals surface area contributed by atoms with Gasteiger partial charge in [-0.2, -0.15) is 0 Å². The van der Waals surface area contributed by atoms with Crippen LogP contribution in [0.4, 0.5) is 0 Å². The van der Waals surface area contributed by atoms with Gasteiger partial charge in [0.15, 0.2) is 17.1 Å². The van der Waals surface area contributed by atoms with E-state index in [2.05, 4.69) is 10.1 Å². The van der Waals surface area contributed by atoms with E-state index in [0.717, 1.165) is 22.5 Å². The van der Waals surface area contributed by atoms with E-state index in [1.54, 1.807) is 21.3 Å². The fraction of sp³-hybridized carbons (Fsp3) is 0.368. The highest BCUT2D eigenvalue weighted by Crippen LogP contribution is 2.35. The van der Waals surface area contributed by atoms with Crippen molar-refractivity contribution in [3.05, 3.63) is 45.5 Å². The van der Waals surface area contributed by atoms with Crippen LogP contribution >= 0.6 is 0 Å². The summed E-state index contributed by atoms with van der Waals surface area (Å²) in [6.07, 6.45) is 0.630. The lowest BCUT2D eigenvalue weighted by Gasteiger charge is -2.10. The van der Waals surface area contributed by atoms with Crippen LogP contribution in [0.1, 0.15) is 23.9 Å². The Bertz CT molecular complexity index is 1000. The lowest BCUT2D eigenvalue weighted by molar-refractivity contribution is 0.181. The SMILES string of the molecule is CCc1c(C)nc2c(-c3ccc(OC)c(OC)c3)c(COC)[nH]n2c1=O. The number of ether oxygens (including phenoxy) is 3. The summed E-state index contributed by atoms with van der Waals surface area (Å²) in [6.45, 7) is 4.14. The summed E-state index contributed by atoms with van der Waals surface area (Å²) in [7, 11) is 4.80. The first kappa shape index (κ1) is 18.0. The zero-order valence-corrected chi connectivity index (χ0v) is 15.7. The van der Waals surface area contributed by atoms with Gasteiger partial charge in [-0.05, 0) is 31.0 Å². The molecule has 0 saturated heterocycles. The number of hydrogen-bond donors (Lipinski definition) is 1. The smallest absolute Gasteiger partial charge is 0.276 e. The molecule has 7 nitrogen and oxygen atoms in total. The largest absolute Gasteiger partial charge is 0.493 e. The molecule has 0 radical (unpaired) electrons. The first-order chi connectivity index (χ1) is 12.5. The summed E-state index contributed by atoms with van der Waals surface area (Å²) in [5.74, 6) is 1.25. The zero-order chi connectivity index (χ0) is 18.8. The van der Waals surface area contributed by atoms with Gasteiger partial charge in [0.25, 0.3) is 5.56 Å². The minimum atomic E-state index is -0.0842. The van der Waals surface area contributed by atoms with Gasteiger partial charge in [0.05, 0.1) is 26.5 Å². The molecule has 3 rings (SSSR count). The summed E-state index contributed by atoms with van der Waals surface area (Å²) in [5.41, 5.74) is 4.38. The molecule has 0 amide bonds. The fourth-order valence-corrected chi connectivity index (χ4v) is 3.21. The number of benzene rings is 1. The van der Waals surface area contributed by atoms with Crippen molar-refractivity contribution in [1.29, 1.82) is 0 Å². The second-order valence-electron chi connectivity index (χ2n) is 5.96. The number of nitrogens with zero attached hydrogens (tertiary/aromatic N) is 2. The minimum Gasteiger partial charge on any atom is -0.493 e. The molecule has 0 bridgehead atoms. The van der Waals surface area contributed by atoms with Gasteiger partial charge in [-0.15, -0.1) is 0 Å². The number of fused-ring (bicyclic) bond motifs is 1. The van der Waals surface area contributed by atoms with Crippen molar-refractivity contribution in [1.82, 2.24) is 14.6 Å². The van der Waals surface area contributed by atoms with Crippen LogP contribution in [0.5, 0.6) is 11.5 Å². The Balaban J connectivity index is 2.34. The Kier molecular flexibility index (Phi) is 4.99. The maximum atomic E-state index is 12.8. The molecule has 0 spiro atoms. The lowest BCUT2D eigenvalue weighted by atomic mass is 10.0. The third-order valence-corrected chi connectivity index (χ3v) is 4.47. The molecule has 0 aliphatic rings. The third-order valence-electron chi connectivity index (χ3n) is 4.47. The van der Waals surface area contributed by atoms with Crippen LogP contribution in [0.15, 0.2) is 23.0 Å². The topological polar surface area (TPSA) is 77.8 Å². The van der Waals surface area contributed by atoms with E-state index in [1.807, 2.05) is 32.0 Å². The molecule has 2 heterocycles. The number of aryl methyl sites for hydroxylation is 1. The first-order valence-electron chi connectivity index (χ1n) is 8.40. The Morgan fingerprint density at radius 1 is 1.15 bits per heavy atom. The monoisotopic (exact) mass is 357 g/mol. The molecule has 0 aliphatic heterocycles. The Hall–Kier alpha value is -2.80. The molecular formula is C19H23N3O4. The quantitative estimate of drug-likeness (QED) is 0.734. The van der Waals surface area contributed by atoms with Gasteiger partial charge < -0.3 is 14.2 Å². The van der Waals surface area contributed by atoms with E-state index in [1.165, 1.54) is 4.52 Å². The van der Waals surface area contributed by atoms with E-state index in [4.69, 9.17) is 14.2 Å². The number of methoxy groups -OCH3 is 3. The highest BCUT2D eigenvalue weighted by atomic mass is 16.5. The predicted octanol–water partition coefficient (Wildman–Crippen LogP) is 2.72. The van der Waals surface area contributed by atoms with Crippen LogP contribution in [0, 0.1) is 6.92 Å². The summed E-state index contributed by atoms with van der Waals surface area (Å²) >= 11 is 0. The first-order valence-corrected chi connectivity index (χ1v) is 8.40. The van der Waals surface area contributed by atoms with Crippen LogP contribution in [-0.2, 0) is 17.8 Å². The number of nitrogens with one attached hydrogen (secondary N) is 1. The number of aromatic nitrogens is 3. The number of rotatable bonds is 6. The summed E-state index contributed by atoms with van der Waals surface area (Å²) < 4.78 is 17.5. The van der Waals surface area contributed by atoms with E-state index in [-0.39, 0.29) is 5.56 Å². The van der Waals surface area contributed by atoms with E-state index in [0.29, 0.717) is 35.7 Å².